The Labute approximate surface area is 82.1 Å². The Morgan fingerprint density at radius 3 is 3.00 bits per heavy atom. The average Bonchev–Trinajstić information content (AvgIpc) is 2.79. The topological polar surface area (TPSA) is 33.2 Å². The van der Waals surface area contributed by atoms with E-state index in [0.717, 1.165) is 12.1 Å². The van der Waals surface area contributed by atoms with Gasteiger partial charge in [-0.15, -0.1) is 0 Å². The van der Waals surface area contributed by atoms with Crippen molar-refractivity contribution < 1.29 is 4.79 Å². The van der Waals surface area contributed by atoms with Crippen molar-refractivity contribution in [2.24, 2.45) is 5.92 Å². The number of rotatable bonds is 1. The molecule has 14 heavy (non-hydrogen) atoms. The number of fused-ring (bicyclic) bond motifs is 2. The van der Waals surface area contributed by atoms with Crippen LogP contribution in [0, 0.1) is 5.92 Å². The van der Waals surface area contributed by atoms with Gasteiger partial charge < -0.3 is 4.90 Å². The fourth-order valence-corrected chi connectivity index (χ4v) is 2.21. The van der Waals surface area contributed by atoms with Gasteiger partial charge in [0.15, 0.2) is 0 Å². The molecule has 1 aromatic rings. The van der Waals surface area contributed by atoms with Gasteiger partial charge in [0.1, 0.15) is 0 Å². The zero-order chi connectivity index (χ0) is 9.54. The largest absolute Gasteiger partial charge is 0.303 e. The third kappa shape index (κ3) is 0.923. The minimum absolute atomic E-state index is 0.111. The van der Waals surface area contributed by atoms with Gasteiger partial charge in [0.25, 0.3) is 0 Å². The summed E-state index contributed by atoms with van der Waals surface area (Å²) in [5.41, 5.74) is 0.911. The van der Waals surface area contributed by atoms with Gasteiger partial charge in [-0.2, -0.15) is 0 Å². The molecule has 2 unspecified atom stereocenters. The SMILES string of the molecule is O=C1C2C=CC(C2)N1c1cccnc1. The molecular formula is C11H10N2O. The quantitative estimate of drug-likeness (QED) is 0.621. The molecule has 3 rings (SSSR count). The Bertz CT molecular complexity index is 399. The van der Waals surface area contributed by atoms with Crippen LogP contribution in [0.4, 0.5) is 5.69 Å². The van der Waals surface area contributed by atoms with Crippen LogP contribution in [0.1, 0.15) is 6.42 Å². The first-order chi connectivity index (χ1) is 6.86. The zero-order valence-corrected chi connectivity index (χ0v) is 7.63. The van der Waals surface area contributed by atoms with E-state index in [0.29, 0.717) is 0 Å². The lowest BCUT2D eigenvalue weighted by Crippen LogP contribution is -2.34. The van der Waals surface area contributed by atoms with Crippen molar-refractivity contribution in [2.75, 3.05) is 4.90 Å². The van der Waals surface area contributed by atoms with Crippen LogP contribution in [0.15, 0.2) is 36.7 Å². The van der Waals surface area contributed by atoms with Crippen LogP contribution in [0.3, 0.4) is 0 Å². The molecule has 0 aromatic carbocycles. The summed E-state index contributed by atoms with van der Waals surface area (Å²) in [6.07, 6.45) is 8.53. The number of anilines is 1. The van der Waals surface area contributed by atoms with E-state index in [1.54, 1.807) is 12.4 Å². The minimum Gasteiger partial charge on any atom is -0.303 e. The van der Waals surface area contributed by atoms with E-state index in [1.807, 2.05) is 23.1 Å². The number of hydrogen-bond acceptors (Lipinski definition) is 2. The molecule has 0 N–H and O–H groups in total. The number of amides is 1. The number of nitrogens with zero attached hydrogens (tertiary/aromatic N) is 2. The van der Waals surface area contributed by atoms with Crippen LogP contribution in [-0.4, -0.2) is 16.9 Å². The second kappa shape index (κ2) is 2.67. The lowest BCUT2D eigenvalue weighted by Gasteiger charge is -2.23. The minimum atomic E-state index is 0.111. The van der Waals surface area contributed by atoms with Crippen molar-refractivity contribution in [1.29, 1.82) is 0 Å². The molecule has 2 atom stereocenters. The summed E-state index contributed by atoms with van der Waals surface area (Å²) in [7, 11) is 0. The van der Waals surface area contributed by atoms with E-state index >= 15 is 0 Å². The summed E-state index contributed by atoms with van der Waals surface area (Å²) < 4.78 is 0. The first-order valence-corrected chi connectivity index (χ1v) is 4.78. The molecule has 0 radical (unpaired) electrons. The van der Waals surface area contributed by atoms with Crippen LogP contribution in [0.25, 0.3) is 0 Å². The Balaban J connectivity index is 2.01. The zero-order valence-electron chi connectivity index (χ0n) is 7.63. The molecule has 0 saturated carbocycles. The van der Waals surface area contributed by atoms with E-state index < -0.39 is 0 Å². The number of carbonyl (C=O) groups is 1. The molecule has 1 aliphatic carbocycles. The van der Waals surface area contributed by atoms with Crippen molar-refractivity contribution in [1.82, 2.24) is 4.98 Å². The van der Waals surface area contributed by atoms with Gasteiger partial charge in [-0.25, -0.2) is 0 Å². The molecule has 2 heterocycles. The van der Waals surface area contributed by atoms with E-state index in [2.05, 4.69) is 11.1 Å². The Hall–Kier alpha value is -1.64. The summed E-state index contributed by atoms with van der Waals surface area (Å²) in [5.74, 6) is 0.325. The van der Waals surface area contributed by atoms with Crippen LogP contribution < -0.4 is 4.90 Å². The average molecular weight is 186 g/mol. The maximum absolute atomic E-state index is 11.8. The molecule has 1 fully saturated rings. The summed E-state index contributed by atoms with van der Waals surface area (Å²) in [4.78, 5) is 17.7. The molecule has 1 aliphatic heterocycles. The monoisotopic (exact) mass is 186 g/mol. The van der Waals surface area contributed by atoms with E-state index in [9.17, 15) is 4.79 Å². The summed E-state index contributed by atoms with van der Waals surface area (Å²) in [5, 5.41) is 0. The third-order valence-electron chi connectivity index (χ3n) is 2.87. The summed E-state index contributed by atoms with van der Waals surface area (Å²) in [6, 6.07) is 4.05. The normalized spacial score (nSPS) is 28.9. The molecule has 70 valence electrons. The van der Waals surface area contributed by atoms with Gasteiger partial charge in [0, 0.05) is 6.20 Å². The number of pyridine rings is 1. The van der Waals surface area contributed by atoms with Gasteiger partial charge in [-0.05, 0) is 18.6 Å². The third-order valence-corrected chi connectivity index (χ3v) is 2.87. The van der Waals surface area contributed by atoms with Gasteiger partial charge in [-0.3, -0.25) is 9.78 Å². The molecule has 3 nitrogen and oxygen atoms in total. The predicted octanol–water partition coefficient (Wildman–Crippen LogP) is 1.37. The van der Waals surface area contributed by atoms with Crippen molar-refractivity contribution in [3.05, 3.63) is 36.7 Å². The second-order valence-electron chi connectivity index (χ2n) is 3.71. The molecule has 1 saturated heterocycles. The first-order valence-electron chi connectivity index (χ1n) is 4.78. The van der Waals surface area contributed by atoms with Crippen molar-refractivity contribution in [3.8, 4) is 0 Å². The summed E-state index contributed by atoms with van der Waals surface area (Å²) in [6.45, 7) is 0. The van der Waals surface area contributed by atoms with Gasteiger partial charge in [0.2, 0.25) is 5.91 Å². The molecule has 0 spiro atoms. The predicted molar refractivity (Wildman–Crippen MR) is 52.8 cm³/mol. The fourth-order valence-electron chi connectivity index (χ4n) is 2.21. The maximum atomic E-state index is 11.8. The molecule has 3 heteroatoms. The lowest BCUT2D eigenvalue weighted by atomic mass is 10.1. The summed E-state index contributed by atoms with van der Waals surface area (Å²) >= 11 is 0. The Kier molecular flexibility index (Phi) is 1.48. The molecule has 1 aromatic heterocycles. The van der Waals surface area contributed by atoms with Gasteiger partial charge >= 0.3 is 0 Å². The number of hydrogen-bond donors (Lipinski definition) is 0. The first kappa shape index (κ1) is 7.74. The molecule has 1 amide bonds. The highest BCUT2D eigenvalue weighted by Crippen LogP contribution is 2.35. The van der Waals surface area contributed by atoms with E-state index in [4.69, 9.17) is 0 Å². The number of aromatic nitrogens is 1. The van der Waals surface area contributed by atoms with E-state index in [-0.39, 0.29) is 17.9 Å². The van der Waals surface area contributed by atoms with Crippen molar-refractivity contribution in [3.63, 3.8) is 0 Å². The van der Waals surface area contributed by atoms with Crippen LogP contribution in [0.5, 0.6) is 0 Å². The van der Waals surface area contributed by atoms with Gasteiger partial charge in [0.05, 0.1) is 23.8 Å². The molecule has 2 bridgehead atoms. The van der Waals surface area contributed by atoms with Crippen molar-refractivity contribution in [2.45, 2.75) is 12.5 Å². The Morgan fingerprint density at radius 2 is 2.36 bits per heavy atom. The van der Waals surface area contributed by atoms with Crippen LogP contribution >= 0.6 is 0 Å². The highest BCUT2D eigenvalue weighted by atomic mass is 16.2. The second-order valence-corrected chi connectivity index (χ2v) is 3.71. The molecule has 2 aliphatic rings. The highest BCUT2D eigenvalue weighted by Gasteiger charge is 2.41. The number of carbonyl (C=O) groups excluding carboxylic acids is 1. The fraction of sp³-hybridized carbons (Fsp3) is 0.273. The van der Waals surface area contributed by atoms with Crippen LogP contribution in [-0.2, 0) is 4.79 Å². The maximum Gasteiger partial charge on any atom is 0.234 e. The van der Waals surface area contributed by atoms with E-state index in [1.165, 1.54) is 0 Å². The standard InChI is InChI=1S/C11H10N2O/c14-11-8-3-4-9(6-8)13(11)10-2-1-5-12-7-10/h1-5,7-9H,6H2. The van der Waals surface area contributed by atoms with Crippen LogP contribution in [0.2, 0.25) is 0 Å². The highest BCUT2D eigenvalue weighted by molar-refractivity contribution is 6.00. The van der Waals surface area contributed by atoms with Crippen molar-refractivity contribution >= 4 is 11.6 Å². The molecular weight excluding hydrogens is 176 g/mol. The lowest BCUT2D eigenvalue weighted by molar-refractivity contribution is -0.119. The van der Waals surface area contributed by atoms with Gasteiger partial charge in [-0.1, -0.05) is 12.2 Å². The Morgan fingerprint density at radius 1 is 1.43 bits per heavy atom. The smallest absolute Gasteiger partial charge is 0.234 e.